The van der Waals surface area contributed by atoms with Gasteiger partial charge in [0, 0.05) is 5.56 Å². The van der Waals surface area contributed by atoms with E-state index in [1.54, 1.807) is 24.3 Å². The quantitative estimate of drug-likeness (QED) is 0.499. The van der Waals surface area contributed by atoms with E-state index < -0.39 is 5.91 Å². The van der Waals surface area contributed by atoms with Gasteiger partial charge >= 0.3 is 0 Å². The van der Waals surface area contributed by atoms with Crippen LogP contribution in [0.1, 0.15) is 15.9 Å². The van der Waals surface area contributed by atoms with Gasteiger partial charge in [0.25, 0.3) is 5.91 Å². The highest BCUT2D eigenvalue weighted by Crippen LogP contribution is 2.24. The number of amides is 1. The number of aromatic hydroxyl groups is 2. The minimum Gasteiger partial charge on any atom is -0.508 e. The lowest BCUT2D eigenvalue weighted by Crippen LogP contribution is -2.13. The molecule has 0 aliphatic carbocycles. The van der Waals surface area contributed by atoms with E-state index in [0.717, 1.165) is 0 Å². The van der Waals surface area contributed by atoms with Crippen molar-refractivity contribution in [3.8, 4) is 23.3 Å². The number of anilines is 1. The Morgan fingerprint density at radius 3 is 2.67 bits per heavy atom. The number of nitrogens with one attached hydrogen (secondary N) is 1. The summed E-state index contributed by atoms with van der Waals surface area (Å²) in [4.78, 5) is 12.1. The molecule has 0 heterocycles. The third-order valence-electron chi connectivity index (χ3n) is 2.70. The second-order valence-corrected chi connectivity index (χ2v) is 4.16. The van der Waals surface area contributed by atoms with Crippen LogP contribution < -0.4 is 5.32 Å². The second kappa shape index (κ2) is 6.46. The van der Waals surface area contributed by atoms with Gasteiger partial charge in [-0.2, -0.15) is 0 Å². The molecule has 5 heteroatoms. The number of carbonyl (C=O) groups is 1. The van der Waals surface area contributed by atoms with Crippen LogP contribution in [-0.2, 0) is 0 Å². The molecule has 1 amide bonds. The van der Waals surface area contributed by atoms with Gasteiger partial charge in [-0.05, 0) is 30.3 Å². The summed E-state index contributed by atoms with van der Waals surface area (Å²) >= 11 is 0. The van der Waals surface area contributed by atoms with Crippen LogP contribution in [0.25, 0.3) is 0 Å². The first-order valence-corrected chi connectivity index (χ1v) is 6.14. The maximum absolute atomic E-state index is 12.1. The predicted octanol–water partition coefficient (Wildman–Crippen LogP) is 1.69. The van der Waals surface area contributed by atoms with E-state index >= 15 is 0 Å². The van der Waals surface area contributed by atoms with Crippen molar-refractivity contribution in [3.63, 3.8) is 0 Å². The molecule has 5 nitrogen and oxygen atoms in total. The molecule has 0 aliphatic heterocycles. The Morgan fingerprint density at radius 1 is 1.14 bits per heavy atom. The summed E-state index contributed by atoms with van der Waals surface area (Å²) in [6, 6.07) is 10.5. The van der Waals surface area contributed by atoms with Crippen molar-refractivity contribution in [2.45, 2.75) is 0 Å². The fraction of sp³-hybridized carbons (Fsp3) is 0.0625. The fourth-order valence-corrected chi connectivity index (χ4v) is 1.73. The third-order valence-corrected chi connectivity index (χ3v) is 2.70. The predicted molar refractivity (Wildman–Crippen MR) is 78.1 cm³/mol. The Kier molecular flexibility index (Phi) is 4.44. The fourth-order valence-electron chi connectivity index (χ4n) is 1.73. The number of rotatable bonds is 2. The standard InChI is InChI=1S/C16H13NO4/c18-9-3-5-11-4-1-2-6-14(11)17-16(21)13-10-12(19)7-8-15(13)20/h1-2,4,6-8,10,18-20H,9H2,(H,17,21). The van der Waals surface area contributed by atoms with E-state index in [1.807, 2.05) is 0 Å². The molecule has 0 aliphatic rings. The van der Waals surface area contributed by atoms with Gasteiger partial charge in [-0.25, -0.2) is 0 Å². The van der Waals surface area contributed by atoms with Crippen LogP contribution in [-0.4, -0.2) is 27.8 Å². The normalized spacial score (nSPS) is 9.57. The summed E-state index contributed by atoms with van der Waals surface area (Å²) in [5.74, 6) is 4.30. The van der Waals surface area contributed by atoms with Gasteiger partial charge in [-0.3, -0.25) is 4.79 Å². The Bertz CT molecular complexity index is 729. The number of phenolic OH excluding ortho intramolecular Hbond substituents is 2. The van der Waals surface area contributed by atoms with Crippen molar-refractivity contribution < 1.29 is 20.1 Å². The number of aliphatic hydroxyl groups excluding tert-OH is 1. The van der Waals surface area contributed by atoms with Crippen molar-refractivity contribution >= 4 is 11.6 Å². The number of carbonyl (C=O) groups excluding carboxylic acids is 1. The molecule has 0 atom stereocenters. The van der Waals surface area contributed by atoms with Crippen LogP contribution in [0.2, 0.25) is 0 Å². The molecule has 0 radical (unpaired) electrons. The van der Waals surface area contributed by atoms with Gasteiger partial charge in [0.1, 0.15) is 18.1 Å². The molecular weight excluding hydrogens is 270 g/mol. The van der Waals surface area contributed by atoms with E-state index in [4.69, 9.17) is 5.11 Å². The van der Waals surface area contributed by atoms with Gasteiger partial charge in [0.2, 0.25) is 0 Å². The third kappa shape index (κ3) is 3.53. The lowest BCUT2D eigenvalue weighted by molar-refractivity contribution is 0.102. The number of phenols is 2. The van der Waals surface area contributed by atoms with E-state index in [0.29, 0.717) is 11.3 Å². The monoisotopic (exact) mass is 283 g/mol. The lowest BCUT2D eigenvalue weighted by Gasteiger charge is -2.09. The maximum atomic E-state index is 12.1. The lowest BCUT2D eigenvalue weighted by atomic mass is 10.1. The minimum absolute atomic E-state index is 0.0417. The van der Waals surface area contributed by atoms with E-state index in [-0.39, 0.29) is 23.7 Å². The Balaban J connectivity index is 2.30. The van der Waals surface area contributed by atoms with Crippen LogP contribution in [0.3, 0.4) is 0 Å². The van der Waals surface area contributed by atoms with Gasteiger partial charge < -0.3 is 20.6 Å². The summed E-state index contributed by atoms with van der Waals surface area (Å²) in [5, 5.41) is 30.4. The molecule has 0 spiro atoms. The number of hydrogen-bond acceptors (Lipinski definition) is 4. The molecule has 0 unspecified atom stereocenters. The van der Waals surface area contributed by atoms with E-state index in [2.05, 4.69) is 17.2 Å². The van der Waals surface area contributed by atoms with Crippen LogP contribution in [0.4, 0.5) is 5.69 Å². The molecule has 106 valence electrons. The Hall–Kier alpha value is -2.97. The first-order chi connectivity index (χ1) is 10.1. The number of para-hydroxylation sites is 1. The first kappa shape index (κ1) is 14.4. The molecule has 2 aromatic carbocycles. The molecule has 4 N–H and O–H groups in total. The molecule has 0 saturated carbocycles. The molecule has 21 heavy (non-hydrogen) atoms. The van der Waals surface area contributed by atoms with Crippen molar-refractivity contribution in [2.75, 3.05) is 11.9 Å². The average Bonchev–Trinajstić information content (AvgIpc) is 2.48. The molecule has 0 aromatic heterocycles. The average molecular weight is 283 g/mol. The molecule has 0 saturated heterocycles. The second-order valence-electron chi connectivity index (χ2n) is 4.16. The summed E-state index contributed by atoms with van der Waals surface area (Å²) in [7, 11) is 0. The van der Waals surface area contributed by atoms with Crippen molar-refractivity contribution in [1.29, 1.82) is 0 Å². The summed E-state index contributed by atoms with van der Waals surface area (Å²) < 4.78 is 0. The highest BCUT2D eigenvalue weighted by molar-refractivity contribution is 6.07. The van der Waals surface area contributed by atoms with Crippen molar-refractivity contribution in [3.05, 3.63) is 53.6 Å². The molecule has 0 bridgehead atoms. The van der Waals surface area contributed by atoms with Crippen LogP contribution in [0, 0.1) is 11.8 Å². The Morgan fingerprint density at radius 2 is 1.90 bits per heavy atom. The topological polar surface area (TPSA) is 89.8 Å². The highest BCUT2D eigenvalue weighted by atomic mass is 16.3. The van der Waals surface area contributed by atoms with Crippen LogP contribution in [0.5, 0.6) is 11.5 Å². The molecule has 2 aromatic rings. The minimum atomic E-state index is -0.568. The molecular formula is C16H13NO4. The van der Waals surface area contributed by atoms with Crippen LogP contribution >= 0.6 is 0 Å². The molecule has 2 rings (SSSR count). The number of benzene rings is 2. The largest absolute Gasteiger partial charge is 0.508 e. The number of hydrogen-bond donors (Lipinski definition) is 4. The smallest absolute Gasteiger partial charge is 0.259 e. The zero-order valence-corrected chi connectivity index (χ0v) is 11.0. The maximum Gasteiger partial charge on any atom is 0.259 e. The van der Waals surface area contributed by atoms with Gasteiger partial charge in [0.15, 0.2) is 0 Å². The van der Waals surface area contributed by atoms with Crippen LogP contribution in [0.15, 0.2) is 42.5 Å². The van der Waals surface area contributed by atoms with Gasteiger partial charge in [-0.1, -0.05) is 24.0 Å². The van der Waals surface area contributed by atoms with Gasteiger partial charge in [-0.15, -0.1) is 0 Å². The Labute approximate surface area is 121 Å². The zero-order chi connectivity index (χ0) is 15.2. The number of aliphatic hydroxyl groups is 1. The summed E-state index contributed by atoms with van der Waals surface area (Å²) in [6.45, 7) is -0.282. The molecule has 0 fully saturated rings. The zero-order valence-electron chi connectivity index (χ0n) is 11.0. The van der Waals surface area contributed by atoms with Gasteiger partial charge in [0.05, 0.1) is 11.3 Å². The van der Waals surface area contributed by atoms with E-state index in [9.17, 15) is 15.0 Å². The SMILES string of the molecule is O=C(Nc1ccccc1C#CCO)c1cc(O)ccc1O. The van der Waals surface area contributed by atoms with Crippen molar-refractivity contribution in [2.24, 2.45) is 0 Å². The summed E-state index contributed by atoms with van der Waals surface area (Å²) in [5.41, 5.74) is 0.950. The first-order valence-electron chi connectivity index (χ1n) is 6.14. The van der Waals surface area contributed by atoms with Crippen molar-refractivity contribution in [1.82, 2.24) is 0 Å². The van der Waals surface area contributed by atoms with E-state index in [1.165, 1.54) is 18.2 Å². The highest BCUT2D eigenvalue weighted by Gasteiger charge is 2.13. The summed E-state index contributed by atoms with van der Waals surface area (Å²) in [6.07, 6.45) is 0.